The Morgan fingerprint density at radius 3 is 2.80 bits per heavy atom. The summed E-state index contributed by atoms with van der Waals surface area (Å²) < 4.78 is 0. The van der Waals surface area contributed by atoms with Crippen molar-refractivity contribution in [1.82, 2.24) is 9.80 Å². The maximum absolute atomic E-state index is 2.46. The minimum absolute atomic E-state index is 0.560. The largest absolute Gasteiger partial charge is 0.307 e. The fraction of sp³-hybridized carbons (Fsp3) is 0.538. The summed E-state index contributed by atoms with van der Waals surface area (Å²) in [5.74, 6) is 0. The average molecular weight is 204 g/mol. The topological polar surface area (TPSA) is 6.48 Å². The Hall–Kier alpha value is -0.860. The highest BCUT2D eigenvalue weighted by molar-refractivity contribution is 5.32. The van der Waals surface area contributed by atoms with Crippen molar-refractivity contribution >= 4 is 0 Å². The van der Waals surface area contributed by atoms with Gasteiger partial charge in [0.25, 0.3) is 0 Å². The van der Waals surface area contributed by atoms with Gasteiger partial charge in [-0.3, -0.25) is 4.90 Å². The van der Waals surface area contributed by atoms with Crippen LogP contribution in [0.5, 0.6) is 0 Å². The fourth-order valence-electron chi connectivity index (χ4n) is 2.36. The summed E-state index contributed by atoms with van der Waals surface area (Å²) >= 11 is 0. The molecule has 0 saturated heterocycles. The maximum atomic E-state index is 2.46. The van der Waals surface area contributed by atoms with Gasteiger partial charge >= 0.3 is 0 Å². The predicted molar refractivity (Wildman–Crippen MR) is 64.1 cm³/mol. The zero-order valence-corrected chi connectivity index (χ0v) is 9.90. The number of fused-ring (bicyclic) bond motifs is 1. The zero-order valence-electron chi connectivity index (χ0n) is 9.90. The molecule has 0 aliphatic carbocycles. The van der Waals surface area contributed by atoms with Crippen molar-refractivity contribution in [1.29, 1.82) is 0 Å². The second-order valence-electron chi connectivity index (χ2n) is 4.71. The van der Waals surface area contributed by atoms with E-state index >= 15 is 0 Å². The second kappa shape index (κ2) is 4.33. The molecule has 82 valence electrons. The van der Waals surface area contributed by atoms with Crippen LogP contribution in [0.1, 0.15) is 17.2 Å². The third-order valence-electron chi connectivity index (χ3n) is 3.22. The highest BCUT2D eigenvalue weighted by Gasteiger charge is 2.24. The van der Waals surface area contributed by atoms with Crippen molar-refractivity contribution < 1.29 is 0 Å². The minimum atomic E-state index is 0.560. The third-order valence-corrected chi connectivity index (χ3v) is 3.22. The Kier molecular flexibility index (Phi) is 3.08. The van der Waals surface area contributed by atoms with Crippen LogP contribution in [0.25, 0.3) is 0 Å². The van der Waals surface area contributed by atoms with Gasteiger partial charge in [-0.1, -0.05) is 24.3 Å². The molecule has 1 atom stereocenters. The molecule has 0 saturated carbocycles. The Morgan fingerprint density at radius 2 is 2.07 bits per heavy atom. The molecule has 0 fully saturated rings. The number of hydrogen-bond acceptors (Lipinski definition) is 2. The molecule has 0 N–H and O–H groups in total. The SMILES string of the molecule is CN(C)C[C@@H]1c2ccccc2CCN1C. The molecule has 0 amide bonds. The maximum Gasteiger partial charge on any atom is 0.0474 e. The monoisotopic (exact) mass is 204 g/mol. The van der Waals surface area contributed by atoms with Crippen LogP contribution in [0.3, 0.4) is 0 Å². The van der Waals surface area contributed by atoms with Crippen LogP contribution in [0, 0.1) is 0 Å². The van der Waals surface area contributed by atoms with E-state index in [1.807, 2.05) is 0 Å². The van der Waals surface area contributed by atoms with E-state index in [-0.39, 0.29) is 0 Å². The highest BCUT2D eigenvalue weighted by atomic mass is 15.2. The van der Waals surface area contributed by atoms with E-state index in [4.69, 9.17) is 0 Å². The van der Waals surface area contributed by atoms with Crippen LogP contribution in [0.15, 0.2) is 24.3 Å². The van der Waals surface area contributed by atoms with Crippen molar-refractivity contribution in [2.45, 2.75) is 12.5 Å². The van der Waals surface area contributed by atoms with Gasteiger partial charge in [0.15, 0.2) is 0 Å². The smallest absolute Gasteiger partial charge is 0.0474 e. The van der Waals surface area contributed by atoms with Gasteiger partial charge in [0.1, 0.15) is 0 Å². The molecule has 2 rings (SSSR count). The molecule has 0 bridgehead atoms. The summed E-state index contributed by atoms with van der Waals surface area (Å²) in [5, 5.41) is 0. The Bertz CT molecular complexity index is 333. The molecule has 0 radical (unpaired) electrons. The van der Waals surface area contributed by atoms with Crippen LogP contribution in [-0.2, 0) is 6.42 Å². The standard InChI is InChI=1S/C13H20N2/c1-14(2)10-13-12-7-5-4-6-11(12)8-9-15(13)3/h4-7,13H,8-10H2,1-3H3/t13-/m1/s1. The molecule has 0 unspecified atom stereocenters. The Morgan fingerprint density at radius 1 is 1.33 bits per heavy atom. The summed E-state index contributed by atoms with van der Waals surface area (Å²) in [6.45, 7) is 2.28. The summed E-state index contributed by atoms with van der Waals surface area (Å²) in [6, 6.07) is 9.41. The van der Waals surface area contributed by atoms with Crippen LogP contribution < -0.4 is 0 Å². The van der Waals surface area contributed by atoms with Crippen LogP contribution >= 0.6 is 0 Å². The van der Waals surface area contributed by atoms with Crippen LogP contribution in [0.4, 0.5) is 0 Å². The quantitative estimate of drug-likeness (QED) is 0.724. The van der Waals surface area contributed by atoms with Gasteiger partial charge in [-0.15, -0.1) is 0 Å². The number of nitrogens with zero attached hydrogens (tertiary/aromatic N) is 2. The van der Waals surface area contributed by atoms with Gasteiger partial charge in [-0.05, 0) is 38.7 Å². The molecule has 1 aromatic carbocycles. The van der Waals surface area contributed by atoms with E-state index in [0.717, 1.165) is 6.54 Å². The highest BCUT2D eigenvalue weighted by Crippen LogP contribution is 2.28. The van der Waals surface area contributed by atoms with Crippen LogP contribution in [0.2, 0.25) is 0 Å². The number of likely N-dealkylation sites (N-methyl/N-ethyl adjacent to an activating group) is 2. The lowest BCUT2D eigenvalue weighted by molar-refractivity contribution is 0.186. The molecule has 2 nitrogen and oxygen atoms in total. The second-order valence-corrected chi connectivity index (χ2v) is 4.71. The molecule has 1 aliphatic heterocycles. The van der Waals surface area contributed by atoms with Crippen LogP contribution in [-0.4, -0.2) is 44.0 Å². The molecule has 0 aromatic heterocycles. The Labute approximate surface area is 92.5 Å². The van der Waals surface area contributed by atoms with Crippen molar-refractivity contribution in [3.8, 4) is 0 Å². The lowest BCUT2D eigenvalue weighted by Crippen LogP contribution is -2.37. The van der Waals surface area contributed by atoms with E-state index in [1.165, 1.54) is 24.1 Å². The lowest BCUT2D eigenvalue weighted by Gasteiger charge is -2.36. The normalized spacial score (nSPS) is 21.7. The molecule has 2 heteroatoms. The summed E-state index contributed by atoms with van der Waals surface area (Å²) in [5.41, 5.74) is 3.04. The molecule has 0 spiro atoms. The first-order chi connectivity index (χ1) is 7.18. The number of benzene rings is 1. The summed E-state index contributed by atoms with van der Waals surface area (Å²) in [7, 11) is 6.51. The van der Waals surface area contributed by atoms with E-state index in [9.17, 15) is 0 Å². The first kappa shape index (κ1) is 10.7. The van der Waals surface area contributed by atoms with E-state index in [0.29, 0.717) is 6.04 Å². The first-order valence-corrected chi connectivity index (χ1v) is 5.61. The third kappa shape index (κ3) is 2.21. The van der Waals surface area contributed by atoms with Gasteiger partial charge in [-0.2, -0.15) is 0 Å². The van der Waals surface area contributed by atoms with Crippen molar-refractivity contribution in [2.75, 3.05) is 34.2 Å². The average Bonchev–Trinajstić information content (AvgIpc) is 2.22. The lowest BCUT2D eigenvalue weighted by atomic mass is 9.93. The first-order valence-electron chi connectivity index (χ1n) is 5.61. The minimum Gasteiger partial charge on any atom is -0.307 e. The van der Waals surface area contributed by atoms with Gasteiger partial charge < -0.3 is 4.90 Å². The summed E-state index contributed by atoms with van der Waals surface area (Å²) in [4.78, 5) is 4.73. The molecular formula is C13H20N2. The molecule has 15 heavy (non-hydrogen) atoms. The van der Waals surface area contributed by atoms with Gasteiger partial charge in [-0.25, -0.2) is 0 Å². The molecule has 1 aromatic rings. The van der Waals surface area contributed by atoms with Gasteiger partial charge in [0, 0.05) is 19.1 Å². The van der Waals surface area contributed by atoms with Crippen molar-refractivity contribution in [3.05, 3.63) is 35.4 Å². The zero-order chi connectivity index (χ0) is 10.8. The Balaban J connectivity index is 2.28. The van der Waals surface area contributed by atoms with Crippen molar-refractivity contribution in [2.24, 2.45) is 0 Å². The summed E-state index contributed by atoms with van der Waals surface area (Å²) in [6.07, 6.45) is 1.19. The molecule has 1 aliphatic rings. The van der Waals surface area contributed by atoms with Gasteiger partial charge in [0.2, 0.25) is 0 Å². The van der Waals surface area contributed by atoms with E-state index in [1.54, 1.807) is 0 Å². The number of hydrogen-bond donors (Lipinski definition) is 0. The number of rotatable bonds is 2. The van der Waals surface area contributed by atoms with Crippen molar-refractivity contribution in [3.63, 3.8) is 0 Å². The molecule has 1 heterocycles. The molecular weight excluding hydrogens is 184 g/mol. The predicted octanol–water partition coefficient (Wildman–Crippen LogP) is 1.78. The van der Waals surface area contributed by atoms with E-state index < -0.39 is 0 Å². The fourth-order valence-corrected chi connectivity index (χ4v) is 2.36. The van der Waals surface area contributed by atoms with Gasteiger partial charge in [0.05, 0.1) is 0 Å². The van der Waals surface area contributed by atoms with E-state index in [2.05, 4.69) is 55.2 Å².